The number of carboxylic acids is 2. The maximum atomic E-state index is 12.7. The van der Waals surface area contributed by atoms with E-state index in [0.29, 0.717) is 0 Å². The highest BCUT2D eigenvalue weighted by Gasteiger charge is 2.33. The highest BCUT2D eigenvalue weighted by Crippen LogP contribution is 2.07. The van der Waals surface area contributed by atoms with Crippen LogP contribution >= 0.6 is 0 Å². The van der Waals surface area contributed by atoms with E-state index in [1.807, 2.05) is 0 Å². The summed E-state index contributed by atoms with van der Waals surface area (Å²) in [5.74, 6) is -5.92. The molecule has 0 aromatic rings. The van der Waals surface area contributed by atoms with Gasteiger partial charge in [0.15, 0.2) is 6.04 Å². The number of carbonyl (C=O) groups excluding carboxylic acids is 3. The number of rotatable bonds is 13. The Bertz CT molecular complexity index is 666. The highest BCUT2D eigenvalue weighted by molar-refractivity contribution is 5.94. The Labute approximate surface area is 179 Å². The Morgan fingerprint density at radius 1 is 0.774 bits per heavy atom. The molecule has 3 amide bonds. The minimum Gasteiger partial charge on any atom is -0.481 e. The Hall–Kier alpha value is -2.77. The van der Waals surface area contributed by atoms with Gasteiger partial charge in [-0.3, -0.25) is 19.2 Å². The second-order valence-corrected chi connectivity index (χ2v) is 7.56. The van der Waals surface area contributed by atoms with Gasteiger partial charge >= 0.3 is 11.9 Å². The second-order valence-electron chi connectivity index (χ2n) is 7.56. The van der Waals surface area contributed by atoms with E-state index < -0.39 is 78.4 Å². The quantitative estimate of drug-likeness (QED) is 0.144. The molecule has 0 fully saturated rings. The molecule has 0 aliphatic heterocycles. The highest BCUT2D eigenvalue weighted by atomic mass is 16.4. The molecule has 0 heterocycles. The van der Waals surface area contributed by atoms with Crippen molar-refractivity contribution in [2.75, 3.05) is 0 Å². The molecule has 0 radical (unpaired) electrons. The summed E-state index contributed by atoms with van der Waals surface area (Å²) in [5.41, 5.74) is 5.55. The van der Waals surface area contributed by atoms with Gasteiger partial charge in [-0.05, 0) is 26.2 Å². The van der Waals surface area contributed by atoms with Gasteiger partial charge in [0.1, 0.15) is 18.1 Å². The summed E-state index contributed by atoms with van der Waals surface area (Å²) >= 11 is 0. The van der Waals surface area contributed by atoms with E-state index in [0.717, 1.165) is 6.92 Å². The van der Waals surface area contributed by atoms with Crippen LogP contribution in [0, 0.1) is 5.92 Å². The lowest BCUT2D eigenvalue weighted by atomic mass is 10.0. The van der Waals surface area contributed by atoms with Crippen LogP contribution < -0.4 is 21.7 Å². The maximum absolute atomic E-state index is 12.7. The molecule has 0 bridgehead atoms. The molecule has 0 saturated heterocycles. The fourth-order valence-electron chi connectivity index (χ4n) is 2.44. The van der Waals surface area contributed by atoms with Crippen molar-refractivity contribution in [1.82, 2.24) is 16.0 Å². The van der Waals surface area contributed by atoms with Crippen molar-refractivity contribution in [3.8, 4) is 0 Å². The summed E-state index contributed by atoms with van der Waals surface area (Å²) in [6.07, 6.45) is -3.53. The van der Waals surface area contributed by atoms with Crippen LogP contribution in [-0.2, 0) is 24.0 Å². The summed E-state index contributed by atoms with van der Waals surface area (Å²) in [6, 6.07) is -5.61. The predicted octanol–water partition coefficient (Wildman–Crippen LogP) is -2.86. The van der Waals surface area contributed by atoms with Gasteiger partial charge in [-0.25, -0.2) is 4.79 Å². The maximum Gasteiger partial charge on any atom is 0.328 e. The fourth-order valence-corrected chi connectivity index (χ4v) is 2.44. The van der Waals surface area contributed by atoms with Crippen LogP contribution in [0.1, 0.15) is 40.5 Å². The van der Waals surface area contributed by atoms with Crippen molar-refractivity contribution >= 4 is 29.7 Å². The molecule has 0 aliphatic rings. The van der Waals surface area contributed by atoms with Crippen LogP contribution in [0.2, 0.25) is 0 Å². The zero-order valence-electron chi connectivity index (χ0n) is 17.9. The van der Waals surface area contributed by atoms with Gasteiger partial charge in [-0.15, -0.1) is 0 Å². The van der Waals surface area contributed by atoms with Gasteiger partial charge in [-0.2, -0.15) is 0 Å². The van der Waals surface area contributed by atoms with Crippen molar-refractivity contribution in [2.24, 2.45) is 11.7 Å². The first-order valence-corrected chi connectivity index (χ1v) is 9.66. The van der Waals surface area contributed by atoms with E-state index in [1.165, 1.54) is 6.92 Å². The van der Waals surface area contributed by atoms with Crippen LogP contribution in [0.15, 0.2) is 0 Å². The van der Waals surface area contributed by atoms with E-state index in [1.54, 1.807) is 13.8 Å². The molecule has 13 heteroatoms. The minimum atomic E-state index is -1.68. The number of hydrogen-bond donors (Lipinski definition) is 8. The van der Waals surface area contributed by atoms with Crippen LogP contribution in [0.4, 0.5) is 0 Å². The largest absolute Gasteiger partial charge is 0.481 e. The second kappa shape index (κ2) is 12.8. The van der Waals surface area contributed by atoms with Crippen molar-refractivity contribution in [2.45, 2.75) is 76.9 Å². The monoisotopic (exact) mass is 448 g/mol. The smallest absolute Gasteiger partial charge is 0.328 e. The number of aliphatic carboxylic acids is 2. The first-order chi connectivity index (χ1) is 14.2. The molecule has 0 aliphatic carbocycles. The average molecular weight is 448 g/mol. The Morgan fingerprint density at radius 2 is 1.29 bits per heavy atom. The summed E-state index contributed by atoms with van der Waals surface area (Å²) in [5, 5.41) is 43.7. The van der Waals surface area contributed by atoms with Crippen molar-refractivity contribution in [3.63, 3.8) is 0 Å². The zero-order chi connectivity index (χ0) is 24.5. The number of aliphatic hydroxyl groups excluding tert-OH is 2. The van der Waals surface area contributed by atoms with Gasteiger partial charge in [0, 0.05) is 6.42 Å². The average Bonchev–Trinajstić information content (AvgIpc) is 2.64. The van der Waals surface area contributed by atoms with Crippen molar-refractivity contribution < 1.29 is 44.4 Å². The lowest BCUT2D eigenvalue weighted by Crippen LogP contribution is -2.60. The third-order valence-corrected chi connectivity index (χ3v) is 4.40. The lowest BCUT2D eigenvalue weighted by molar-refractivity contribution is -0.145. The van der Waals surface area contributed by atoms with E-state index in [-0.39, 0.29) is 6.42 Å². The van der Waals surface area contributed by atoms with Gasteiger partial charge in [0.2, 0.25) is 17.7 Å². The molecule has 6 unspecified atom stereocenters. The van der Waals surface area contributed by atoms with E-state index >= 15 is 0 Å². The van der Waals surface area contributed by atoms with Gasteiger partial charge in [0.25, 0.3) is 0 Å². The predicted molar refractivity (Wildman–Crippen MR) is 106 cm³/mol. The molecule has 178 valence electrons. The molecular formula is C18H32N4O9. The topological polar surface area (TPSA) is 228 Å². The number of carbonyl (C=O) groups is 5. The van der Waals surface area contributed by atoms with Crippen LogP contribution in [0.5, 0.6) is 0 Å². The van der Waals surface area contributed by atoms with Crippen molar-refractivity contribution in [1.29, 1.82) is 0 Å². The first kappa shape index (κ1) is 28.2. The van der Waals surface area contributed by atoms with E-state index in [4.69, 9.17) is 15.9 Å². The van der Waals surface area contributed by atoms with Crippen LogP contribution in [0.25, 0.3) is 0 Å². The van der Waals surface area contributed by atoms with Crippen LogP contribution in [0.3, 0.4) is 0 Å². The number of hydrogen-bond acceptors (Lipinski definition) is 8. The zero-order valence-corrected chi connectivity index (χ0v) is 17.9. The lowest BCUT2D eigenvalue weighted by Gasteiger charge is -2.27. The van der Waals surface area contributed by atoms with Gasteiger partial charge in [-0.1, -0.05) is 13.8 Å². The van der Waals surface area contributed by atoms with E-state index in [2.05, 4.69) is 16.0 Å². The van der Waals surface area contributed by atoms with E-state index in [9.17, 15) is 34.2 Å². The molecule has 9 N–H and O–H groups in total. The summed E-state index contributed by atoms with van der Waals surface area (Å²) in [6.45, 7) is 5.62. The molecule has 31 heavy (non-hydrogen) atoms. The molecule has 0 aromatic heterocycles. The van der Waals surface area contributed by atoms with Gasteiger partial charge < -0.3 is 42.1 Å². The molecule has 0 rings (SSSR count). The normalized spacial score (nSPS) is 16.9. The first-order valence-electron chi connectivity index (χ1n) is 9.66. The third kappa shape index (κ3) is 9.72. The summed E-state index contributed by atoms with van der Waals surface area (Å²) < 4.78 is 0. The fraction of sp³-hybridized carbons (Fsp3) is 0.722. The molecule has 13 nitrogen and oxygen atoms in total. The molecule has 0 aromatic carbocycles. The SMILES string of the molecule is CC(C)C(NC(=O)C(N)C(C)O)C(=O)NC(CCC(=O)O)C(=O)NC(C(=O)O)C(C)O. The molecule has 0 saturated carbocycles. The molecule has 6 atom stereocenters. The van der Waals surface area contributed by atoms with Gasteiger partial charge in [0.05, 0.1) is 12.2 Å². The van der Waals surface area contributed by atoms with Crippen molar-refractivity contribution in [3.05, 3.63) is 0 Å². The Balaban J connectivity index is 5.51. The van der Waals surface area contributed by atoms with Crippen LogP contribution in [-0.4, -0.2) is 86.5 Å². The Morgan fingerprint density at radius 3 is 1.68 bits per heavy atom. The summed E-state index contributed by atoms with van der Waals surface area (Å²) in [7, 11) is 0. The number of nitrogens with one attached hydrogen (secondary N) is 3. The molecular weight excluding hydrogens is 416 g/mol. The number of aliphatic hydroxyl groups is 2. The standard InChI is InChI=1S/C18H32N4O9/c1-7(2)13(21-16(28)12(19)8(3)23)17(29)20-10(5-6-11(25)26)15(27)22-14(9(4)24)18(30)31/h7-10,12-14,23-24H,5-6,19H2,1-4H3,(H,20,29)(H,21,28)(H,22,27)(H,25,26)(H,30,31). The number of nitrogens with two attached hydrogens (primary N) is 1. The minimum absolute atomic E-state index is 0.370. The number of carboxylic acid groups (broad SMARTS) is 2. The summed E-state index contributed by atoms with van der Waals surface area (Å²) in [4.78, 5) is 59.4. The number of amides is 3. The molecule has 0 spiro atoms. The third-order valence-electron chi connectivity index (χ3n) is 4.40. The Kier molecular flexibility index (Phi) is 11.7.